The van der Waals surface area contributed by atoms with Gasteiger partial charge in [-0.3, -0.25) is 9.69 Å². The number of carbonyl (C=O) groups excluding carboxylic acids is 1. The summed E-state index contributed by atoms with van der Waals surface area (Å²) in [6.07, 6.45) is 3.96. The van der Waals surface area contributed by atoms with E-state index >= 15 is 0 Å². The van der Waals surface area contributed by atoms with Crippen molar-refractivity contribution in [2.24, 2.45) is 0 Å². The van der Waals surface area contributed by atoms with Gasteiger partial charge >= 0.3 is 0 Å². The monoisotopic (exact) mass is 454 g/mol. The SMILES string of the molecule is COc1ccc([C@@H]2CCCN2CC(=O)N2CCC[C@H]2c2cc(OC)ccc2OC)c(OC)c1. The Morgan fingerprint density at radius 1 is 0.788 bits per heavy atom. The number of carbonyl (C=O) groups is 1. The van der Waals surface area contributed by atoms with Crippen LogP contribution in [0.4, 0.5) is 0 Å². The fourth-order valence-electron chi connectivity index (χ4n) is 5.21. The molecule has 2 aromatic rings. The maximum Gasteiger partial charge on any atom is 0.237 e. The average molecular weight is 455 g/mol. The molecule has 2 aliphatic heterocycles. The molecule has 178 valence electrons. The van der Waals surface area contributed by atoms with Crippen LogP contribution in [0.2, 0.25) is 0 Å². The van der Waals surface area contributed by atoms with Crippen LogP contribution in [-0.4, -0.2) is 63.8 Å². The third kappa shape index (κ3) is 4.74. The van der Waals surface area contributed by atoms with Gasteiger partial charge in [0.05, 0.1) is 41.0 Å². The molecule has 0 bridgehead atoms. The first-order valence-electron chi connectivity index (χ1n) is 11.6. The molecule has 2 heterocycles. The van der Waals surface area contributed by atoms with Crippen LogP contribution >= 0.6 is 0 Å². The first kappa shape index (κ1) is 23.2. The molecule has 2 aliphatic rings. The smallest absolute Gasteiger partial charge is 0.237 e. The van der Waals surface area contributed by atoms with Gasteiger partial charge in [0.25, 0.3) is 0 Å². The van der Waals surface area contributed by atoms with Gasteiger partial charge in [-0.05, 0) is 56.5 Å². The summed E-state index contributed by atoms with van der Waals surface area (Å²) >= 11 is 0. The number of rotatable bonds is 8. The molecule has 7 heteroatoms. The van der Waals surface area contributed by atoms with Crippen LogP contribution in [0.25, 0.3) is 0 Å². The van der Waals surface area contributed by atoms with E-state index in [0.717, 1.165) is 72.9 Å². The van der Waals surface area contributed by atoms with Crippen molar-refractivity contribution in [3.63, 3.8) is 0 Å². The highest BCUT2D eigenvalue weighted by molar-refractivity contribution is 5.79. The molecule has 2 atom stereocenters. The van der Waals surface area contributed by atoms with Gasteiger partial charge in [-0.15, -0.1) is 0 Å². The van der Waals surface area contributed by atoms with Crippen molar-refractivity contribution >= 4 is 5.91 Å². The molecule has 0 saturated carbocycles. The number of hydrogen-bond donors (Lipinski definition) is 0. The Balaban J connectivity index is 1.53. The maximum atomic E-state index is 13.5. The van der Waals surface area contributed by atoms with Crippen molar-refractivity contribution < 1.29 is 23.7 Å². The van der Waals surface area contributed by atoms with Gasteiger partial charge in [0.15, 0.2) is 0 Å². The molecule has 0 spiro atoms. The quantitative estimate of drug-likeness (QED) is 0.595. The zero-order valence-corrected chi connectivity index (χ0v) is 20.0. The van der Waals surface area contributed by atoms with Gasteiger partial charge in [-0.2, -0.15) is 0 Å². The molecule has 0 aromatic heterocycles. The molecule has 7 nitrogen and oxygen atoms in total. The molecule has 0 radical (unpaired) electrons. The summed E-state index contributed by atoms with van der Waals surface area (Å²) in [6, 6.07) is 11.9. The lowest BCUT2D eigenvalue weighted by atomic mass is 10.0. The third-order valence-corrected chi connectivity index (χ3v) is 6.87. The number of nitrogens with zero attached hydrogens (tertiary/aromatic N) is 2. The van der Waals surface area contributed by atoms with E-state index in [0.29, 0.717) is 6.54 Å². The van der Waals surface area contributed by atoms with Crippen molar-refractivity contribution in [3.05, 3.63) is 47.5 Å². The van der Waals surface area contributed by atoms with Gasteiger partial charge in [0.1, 0.15) is 23.0 Å². The van der Waals surface area contributed by atoms with Crippen molar-refractivity contribution in [1.82, 2.24) is 9.80 Å². The van der Waals surface area contributed by atoms with E-state index in [9.17, 15) is 4.79 Å². The molecular weight excluding hydrogens is 420 g/mol. The third-order valence-electron chi connectivity index (χ3n) is 6.87. The fraction of sp³-hybridized carbons (Fsp3) is 0.500. The van der Waals surface area contributed by atoms with Crippen LogP contribution in [0, 0.1) is 0 Å². The first-order chi connectivity index (χ1) is 16.1. The fourth-order valence-corrected chi connectivity index (χ4v) is 5.21. The predicted molar refractivity (Wildman–Crippen MR) is 126 cm³/mol. The topological polar surface area (TPSA) is 60.5 Å². The van der Waals surface area contributed by atoms with Crippen molar-refractivity contribution in [1.29, 1.82) is 0 Å². The van der Waals surface area contributed by atoms with E-state index in [1.54, 1.807) is 28.4 Å². The average Bonchev–Trinajstić information content (AvgIpc) is 3.53. The summed E-state index contributed by atoms with van der Waals surface area (Å²) < 4.78 is 22.0. The van der Waals surface area contributed by atoms with E-state index in [-0.39, 0.29) is 18.0 Å². The summed E-state index contributed by atoms with van der Waals surface area (Å²) in [5.41, 5.74) is 2.12. The normalized spacial score (nSPS) is 20.7. The first-order valence-corrected chi connectivity index (χ1v) is 11.6. The zero-order chi connectivity index (χ0) is 23.4. The zero-order valence-electron chi connectivity index (χ0n) is 20.0. The second-order valence-corrected chi connectivity index (χ2v) is 8.59. The minimum Gasteiger partial charge on any atom is -0.497 e. The summed E-state index contributed by atoms with van der Waals surface area (Å²) in [4.78, 5) is 17.8. The van der Waals surface area contributed by atoms with E-state index in [2.05, 4.69) is 11.0 Å². The molecule has 2 aromatic carbocycles. The second-order valence-electron chi connectivity index (χ2n) is 8.59. The van der Waals surface area contributed by atoms with Crippen LogP contribution in [0.15, 0.2) is 36.4 Å². The molecule has 4 rings (SSSR count). The van der Waals surface area contributed by atoms with Crippen LogP contribution in [0.5, 0.6) is 23.0 Å². The minimum absolute atomic E-state index is 0.000810. The summed E-state index contributed by atoms with van der Waals surface area (Å²) in [7, 11) is 6.66. The van der Waals surface area contributed by atoms with Gasteiger partial charge in [0, 0.05) is 29.8 Å². The molecule has 0 N–H and O–H groups in total. The van der Waals surface area contributed by atoms with Crippen LogP contribution in [-0.2, 0) is 4.79 Å². The van der Waals surface area contributed by atoms with Crippen LogP contribution < -0.4 is 18.9 Å². The molecular formula is C26H34N2O5. The molecule has 2 fully saturated rings. The second kappa shape index (κ2) is 10.3. The van der Waals surface area contributed by atoms with Gasteiger partial charge in [-0.25, -0.2) is 0 Å². The van der Waals surface area contributed by atoms with Crippen molar-refractivity contribution in [2.45, 2.75) is 37.8 Å². The highest BCUT2D eigenvalue weighted by Gasteiger charge is 2.36. The Kier molecular flexibility index (Phi) is 7.28. The van der Waals surface area contributed by atoms with Gasteiger partial charge < -0.3 is 23.8 Å². The Morgan fingerprint density at radius 3 is 2.18 bits per heavy atom. The summed E-state index contributed by atoms with van der Waals surface area (Å²) in [6.45, 7) is 2.05. The standard InChI is InChI=1S/C26H34N2O5/c1-30-18-10-12-24(32-3)21(15-18)23-8-6-14-28(23)26(29)17-27-13-5-7-22(27)20-11-9-19(31-2)16-25(20)33-4/h9-12,15-16,22-23H,5-8,13-14,17H2,1-4H3/t22-,23-/m0/s1. The molecule has 1 amide bonds. The van der Waals surface area contributed by atoms with Gasteiger partial charge in [0.2, 0.25) is 5.91 Å². The lowest BCUT2D eigenvalue weighted by Crippen LogP contribution is -2.40. The number of hydrogen-bond acceptors (Lipinski definition) is 6. The number of likely N-dealkylation sites (tertiary alicyclic amines) is 2. The Labute approximate surface area is 196 Å². The Hall–Kier alpha value is -2.93. The number of amides is 1. The molecule has 33 heavy (non-hydrogen) atoms. The lowest BCUT2D eigenvalue weighted by Gasteiger charge is -2.31. The van der Waals surface area contributed by atoms with Crippen LogP contribution in [0.3, 0.4) is 0 Å². The largest absolute Gasteiger partial charge is 0.497 e. The highest BCUT2D eigenvalue weighted by Crippen LogP contribution is 2.41. The highest BCUT2D eigenvalue weighted by atomic mass is 16.5. The Bertz CT molecular complexity index is 979. The van der Waals surface area contributed by atoms with E-state index < -0.39 is 0 Å². The van der Waals surface area contributed by atoms with E-state index in [1.165, 1.54) is 0 Å². The number of methoxy groups -OCH3 is 4. The van der Waals surface area contributed by atoms with Crippen molar-refractivity contribution in [3.8, 4) is 23.0 Å². The molecule has 0 aliphatic carbocycles. The van der Waals surface area contributed by atoms with Crippen molar-refractivity contribution in [2.75, 3.05) is 48.1 Å². The predicted octanol–water partition coefficient (Wildman–Crippen LogP) is 4.22. The maximum absolute atomic E-state index is 13.5. The van der Waals surface area contributed by atoms with E-state index in [4.69, 9.17) is 18.9 Å². The number of ether oxygens (including phenoxy) is 4. The van der Waals surface area contributed by atoms with E-state index in [1.807, 2.05) is 35.2 Å². The number of benzene rings is 2. The molecule has 0 unspecified atom stereocenters. The summed E-state index contributed by atoms with van der Waals surface area (Å²) in [5.74, 6) is 3.29. The lowest BCUT2D eigenvalue weighted by molar-refractivity contribution is -0.133. The minimum atomic E-state index is -0.000810. The molecule has 2 saturated heterocycles. The summed E-state index contributed by atoms with van der Waals surface area (Å²) in [5, 5.41) is 0. The Morgan fingerprint density at radius 2 is 1.45 bits per heavy atom. The van der Waals surface area contributed by atoms with Crippen LogP contribution in [0.1, 0.15) is 48.9 Å². The van der Waals surface area contributed by atoms with Gasteiger partial charge in [-0.1, -0.05) is 6.07 Å².